The van der Waals surface area contributed by atoms with Crippen molar-refractivity contribution >= 4 is 0 Å². The molecule has 1 aromatic heterocycles. The predicted octanol–water partition coefficient (Wildman–Crippen LogP) is 2.40. The van der Waals surface area contributed by atoms with Gasteiger partial charge >= 0.3 is 0 Å². The molecule has 0 atom stereocenters. The van der Waals surface area contributed by atoms with Crippen LogP contribution >= 0.6 is 0 Å². The molecule has 3 rings (SSSR count). The van der Waals surface area contributed by atoms with Crippen LogP contribution in [0.15, 0.2) is 42.7 Å². The number of benzene rings is 1. The van der Waals surface area contributed by atoms with Crippen LogP contribution in [0.4, 0.5) is 0 Å². The van der Waals surface area contributed by atoms with Crippen LogP contribution in [0.25, 0.3) is 11.1 Å². The van der Waals surface area contributed by atoms with Crippen LogP contribution in [-0.2, 0) is 17.8 Å². The van der Waals surface area contributed by atoms with E-state index >= 15 is 0 Å². The van der Waals surface area contributed by atoms with Crippen LogP contribution < -0.4 is 5.73 Å². The molecule has 1 aliphatic heterocycles. The first-order valence-electron chi connectivity index (χ1n) is 6.12. The van der Waals surface area contributed by atoms with E-state index in [1.165, 1.54) is 29.3 Å². The summed E-state index contributed by atoms with van der Waals surface area (Å²) in [6, 6.07) is 10.6. The van der Waals surface area contributed by atoms with E-state index in [9.17, 15) is 0 Å². The normalized spacial score (nSPS) is 13.2. The highest BCUT2D eigenvalue weighted by Crippen LogP contribution is 2.28. The van der Waals surface area contributed by atoms with Gasteiger partial charge in [0.25, 0.3) is 0 Å². The molecule has 0 saturated heterocycles. The Balaban J connectivity index is 0.000000574. The van der Waals surface area contributed by atoms with E-state index in [1.54, 1.807) is 0 Å². The maximum absolute atomic E-state index is 5.47. The van der Waals surface area contributed by atoms with Crippen molar-refractivity contribution in [2.45, 2.75) is 13.0 Å². The molecule has 0 radical (unpaired) electrons. The average Bonchev–Trinajstić information content (AvgIpc) is 2.50. The fourth-order valence-corrected chi connectivity index (χ4v) is 2.22. The molecule has 18 heavy (non-hydrogen) atoms. The molecular formula is C15H18N2O. The van der Waals surface area contributed by atoms with Crippen molar-refractivity contribution in [1.29, 1.82) is 0 Å². The Labute approximate surface area is 108 Å². The van der Waals surface area contributed by atoms with Gasteiger partial charge in [-0.05, 0) is 47.9 Å². The van der Waals surface area contributed by atoms with Gasteiger partial charge in [-0.15, -0.1) is 0 Å². The molecule has 0 spiro atoms. The van der Waals surface area contributed by atoms with E-state index in [-0.39, 0.29) is 0 Å². The molecule has 94 valence electrons. The number of pyridine rings is 1. The highest BCUT2D eigenvalue weighted by molar-refractivity contribution is 5.68. The summed E-state index contributed by atoms with van der Waals surface area (Å²) in [7, 11) is 1.50. The summed E-state index contributed by atoms with van der Waals surface area (Å²) in [5.74, 6) is 0. The summed E-state index contributed by atoms with van der Waals surface area (Å²) in [6.45, 7) is 1.57. The van der Waals surface area contributed by atoms with Crippen LogP contribution in [0.1, 0.15) is 11.1 Å². The summed E-state index contributed by atoms with van der Waals surface area (Å²) >= 11 is 0. The van der Waals surface area contributed by atoms with Crippen LogP contribution in [0.2, 0.25) is 0 Å². The zero-order valence-corrected chi connectivity index (χ0v) is 10.6. The standard InChI is InChI=1S/C14H13NO.CH5N/c1-2-12-10-16-9-6-14(12)13(3-1)11-4-7-15-8-5-11;1-2/h1-5,7-8H,6,9-10H2;2H2,1H3. The van der Waals surface area contributed by atoms with Crippen LogP contribution in [-0.4, -0.2) is 18.6 Å². The molecule has 2 N–H and O–H groups in total. The minimum Gasteiger partial charge on any atom is -0.376 e. The number of ether oxygens (including phenoxy) is 1. The van der Waals surface area contributed by atoms with Crippen molar-refractivity contribution in [2.75, 3.05) is 13.7 Å². The maximum Gasteiger partial charge on any atom is 0.0719 e. The van der Waals surface area contributed by atoms with E-state index in [1.807, 2.05) is 12.4 Å². The fraction of sp³-hybridized carbons (Fsp3) is 0.267. The number of hydrogen-bond acceptors (Lipinski definition) is 3. The molecule has 0 amide bonds. The van der Waals surface area contributed by atoms with E-state index in [0.29, 0.717) is 0 Å². The molecule has 1 aromatic carbocycles. The number of rotatable bonds is 1. The largest absolute Gasteiger partial charge is 0.376 e. The minimum atomic E-state index is 0.744. The Morgan fingerprint density at radius 1 is 1.11 bits per heavy atom. The first-order chi connectivity index (χ1) is 8.95. The van der Waals surface area contributed by atoms with Crippen molar-refractivity contribution in [3.05, 3.63) is 53.9 Å². The van der Waals surface area contributed by atoms with Crippen molar-refractivity contribution in [3.8, 4) is 11.1 Å². The summed E-state index contributed by atoms with van der Waals surface area (Å²) in [4.78, 5) is 4.06. The Hall–Kier alpha value is -1.71. The lowest BCUT2D eigenvalue weighted by molar-refractivity contribution is 0.111. The van der Waals surface area contributed by atoms with E-state index in [4.69, 9.17) is 4.74 Å². The lowest BCUT2D eigenvalue weighted by atomic mass is 9.93. The first-order valence-corrected chi connectivity index (χ1v) is 6.12. The second-order valence-electron chi connectivity index (χ2n) is 3.98. The quantitative estimate of drug-likeness (QED) is 0.835. The lowest BCUT2D eigenvalue weighted by Crippen LogP contribution is -2.10. The van der Waals surface area contributed by atoms with E-state index in [0.717, 1.165) is 19.6 Å². The number of aromatic nitrogens is 1. The molecule has 0 saturated carbocycles. The molecule has 3 heteroatoms. The lowest BCUT2D eigenvalue weighted by Gasteiger charge is -2.19. The molecule has 3 nitrogen and oxygen atoms in total. The molecule has 2 aromatic rings. The van der Waals surface area contributed by atoms with Crippen LogP contribution in [0, 0.1) is 0 Å². The summed E-state index contributed by atoms with van der Waals surface area (Å²) in [5.41, 5.74) is 9.82. The predicted molar refractivity (Wildman–Crippen MR) is 73.1 cm³/mol. The van der Waals surface area contributed by atoms with Gasteiger partial charge in [0.05, 0.1) is 13.2 Å². The van der Waals surface area contributed by atoms with Crippen molar-refractivity contribution in [2.24, 2.45) is 5.73 Å². The molecule has 1 aliphatic rings. The smallest absolute Gasteiger partial charge is 0.0719 e. The van der Waals surface area contributed by atoms with Gasteiger partial charge in [0, 0.05) is 12.4 Å². The van der Waals surface area contributed by atoms with Crippen LogP contribution in [0.5, 0.6) is 0 Å². The van der Waals surface area contributed by atoms with Gasteiger partial charge in [0.15, 0.2) is 0 Å². The van der Waals surface area contributed by atoms with Crippen molar-refractivity contribution < 1.29 is 4.74 Å². The highest BCUT2D eigenvalue weighted by atomic mass is 16.5. The minimum absolute atomic E-state index is 0.744. The molecule has 2 heterocycles. The molecule has 0 bridgehead atoms. The summed E-state index contributed by atoms with van der Waals surface area (Å²) in [6.07, 6.45) is 4.69. The molecule has 0 aliphatic carbocycles. The average molecular weight is 242 g/mol. The summed E-state index contributed by atoms with van der Waals surface area (Å²) in [5, 5.41) is 0. The topological polar surface area (TPSA) is 48.1 Å². The third-order valence-corrected chi connectivity index (χ3v) is 3.02. The third kappa shape index (κ3) is 2.58. The van der Waals surface area contributed by atoms with E-state index in [2.05, 4.69) is 41.0 Å². The van der Waals surface area contributed by atoms with Crippen molar-refractivity contribution in [3.63, 3.8) is 0 Å². The number of fused-ring (bicyclic) bond motifs is 1. The van der Waals surface area contributed by atoms with Gasteiger partial charge in [-0.3, -0.25) is 4.98 Å². The molecule has 0 unspecified atom stereocenters. The van der Waals surface area contributed by atoms with E-state index < -0.39 is 0 Å². The number of hydrogen-bond donors (Lipinski definition) is 1. The summed E-state index contributed by atoms with van der Waals surface area (Å²) < 4.78 is 5.47. The van der Waals surface area contributed by atoms with Gasteiger partial charge in [-0.1, -0.05) is 18.2 Å². The Morgan fingerprint density at radius 3 is 2.67 bits per heavy atom. The van der Waals surface area contributed by atoms with Gasteiger partial charge in [-0.25, -0.2) is 0 Å². The Morgan fingerprint density at radius 2 is 1.89 bits per heavy atom. The van der Waals surface area contributed by atoms with Gasteiger partial charge < -0.3 is 10.5 Å². The maximum atomic E-state index is 5.47. The second-order valence-corrected chi connectivity index (χ2v) is 3.98. The molecular weight excluding hydrogens is 224 g/mol. The van der Waals surface area contributed by atoms with Gasteiger partial charge in [0.1, 0.15) is 0 Å². The number of nitrogens with zero attached hydrogens (tertiary/aromatic N) is 1. The SMILES string of the molecule is CN.c1cc2c(c(-c3ccncc3)c1)CCOC2. The monoisotopic (exact) mass is 242 g/mol. The van der Waals surface area contributed by atoms with Crippen LogP contribution in [0.3, 0.4) is 0 Å². The van der Waals surface area contributed by atoms with Gasteiger partial charge in [-0.2, -0.15) is 0 Å². The Kier molecular flexibility index (Phi) is 4.45. The van der Waals surface area contributed by atoms with Crippen molar-refractivity contribution in [1.82, 2.24) is 4.98 Å². The zero-order valence-electron chi connectivity index (χ0n) is 10.6. The Bertz CT molecular complexity index is 497. The fourth-order valence-electron chi connectivity index (χ4n) is 2.22. The number of nitrogens with two attached hydrogens (primary N) is 1. The molecule has 0 fully saturated rings. The highest BCUT2D eigenvalue weighted by Gasteiger charge is 2.13. The van der Waals surface area contributed by atoms with Gasteiger partial charge in [0.2, 0.25) is 0 Å². The second kappa shape index (κ2) is 6.28. The zero-order chi connectivity index (χ0) is 12.8. The third-order valence-electron chi connectivity index (χ3n) is 3.02. The first kappa shape index (κ1) is 12.7.